The van der Waals surface area contributed by atoms with Crippen LogP contribution in [0.5, 0.6) is 0 Å². The summed E-state index contributed by atoms with van der Waals surface area (Å²) >= 11 is 0. The van der Waals surface area contributed by atoms with E-state index < -0.39 is 0 Å². The molecule has 1 aliphatic carbocycles. The lowest BCUT2D eigenvalue weighted by Gasteiger charge is -2.10. The smallest absolute Gasteiger partial charge is 0.0936 e. The Kier molecular flexibility index (Phi) is 2.72. The van der Waals surface area contributed by atoms with Gasteiger partial charge in [-0.1, -0.05) is 25.7 Å². The lowest BCUT2D eigenvalue weighted by atomic mass is 10.00. The summed E-state index contributed by atoms with van der Waals surface area (Å²) in [5, 5.41) is 7.26. The van der Waals surface area contributed by atoms with Crippen LogP contribution in [0.3, 0.4) is 0 Å². The zero-order chi connectivity index (χ0) is 7.40. The van der Waals surface area contributed by atoms with Gasteiger partial charge >= 0.3 is 0 Å². The lowest BCUT2D eigenvalue weighted by molar-refractivity contribution is 0.584. The zero-order valence-corrected chi connectivity index (χ0v) is 6.40. The molecular weight excluding hydrogens is 124 g/mol. The standard InChI is InChI=1S/C8H16N2/c9-8(10)7-5-3-1-2-4-6-7/h7H,1-6H2,(H3,9,10). The molecule has 0 atom stereocenters. The van der Waals surface area contributed by atoms with Crippen LogP contribution < -0.4 is 5.73 Å². The average molecular weight is 140 g/mol. The van der Waals surface area contributed by atoms with Crippen LogP contribution in [-0.4, -0.2) is 5.84 Å². The molecule has 1 fully saturated rings. The van der Waals surface area contributed by atoms with Crippen molar-refractivity contribution in [2.45, 2.75) is 38.5 Å². The molecule has 0 heterocycles. The summed E-state index contributed by atoms with van der Waals surface area (Å²) in [5.74, 6) is 0.810. The van der Waals surface area contributed by atoms with Gasteiger partial charge in [-0.25, -0.2) is 0 Å². The fourth-order valence-electron chi connectivity index (χ4n) is 1.59. The van der Waals surface area contributed by atoms with E-state index in [-0.39, 0.29) is 0 Å². The molecule has 2 nitrogen and oxygen atoms in total. The average Bonchev–Trinajstić information content (AvgIpc) is 2.12. The second kappa shape index (κ2) is 3.59. The highest BCUT2D eigenvalue weighted by Crippen LogP contribution is 2.22. The summed E-state index contributed by atoms with van der Waals surface area (Å²) in [5.41, 5.74) is 5.42. The van der Waals surface area contributed by atoms with Crippen molar-refractivity contribution in [1.29, 1.82) is 5.41 Å². The maximum atomic E-state index is 7.26. The maximum absolute atomic E-state index is 7.26. The molecule has 2 heteroatoms. The van der Waals surface area contributed by atoms with Crippen LogP contribution >= 0.6 is 0 Å². The lowest BCUT2D eigenvalue weighted by Crippen LogP contribution is -2.21. The van der Waals surface area contributed by atoms with Crippen molar-refractivity contribution < 1.29 is 0 Å². The molecule has 0 saturated heterocycles. The van der Waals surface area contributed by atoms with Gasteiger partial charge in [0.05, 0.1) is 5.84 Å². The van der Waals surface area contributed by atoms with Gasteiger partial charge in [0, 0.05) is 5.92 Å². The summed E-state index contributed by atoms with van der Waals surface area (Å²) < 4.78 is 0. The molecule has 3 N–H and O–H groups in total. The first-order valence-corrected chi connectivity index (χ1v) is 4.14. The number of amidine groups is 1. The fourth-order valence-corrected chi connectivity index (χ4v) is 1.59. The Morgan fingerprint density at radius 1 is 1.10 bits per heavy atom. The number of rotatable bonds is 1. The van der Waals surface area contributed by atoms with Crippen LogP contribution in [0, 0.1) is 11.3 Å². The van der Waals surface area contributed by atoms with Crippen molar-refractivity contribution in [2.24, 2.45) is 11.7 Å². The van der Waals surface area contributed by atoms with Crippen molar-refractivity contribution in [3.8, 4) is 0 Å². The van der Waals surface area contributed by atoms with Gasteiger partial charge in [-0.05, 0) is 12.8 Å². The monoisotopic (exact) mass is 140 g/mol. The van der Waals surface area contributed by atoms with E-state index in [0.29, 0.717) is 11.8 Å². The molecule has 58 valence electrons. The van der Waals surface area contributed by atoms with E-state index in [1.807, 2.05) is 0 Å². The van der Waals surface area contributed by atoms with Gasteiger partial charge in [0.25, 0.3) is 0 Å². The summed E-state index contributed by atoms with van der Waals surface area (Å²) in [4.78, 5) is 0. The first kappa shape index (κ1) is 7.58. The Morgan fingerprint density at radius 3 is 2.00 bits per heavy atom. The molecule has 0 aromatic heterocycles. The van der Waals surface area contributed by atoms with Crippen molar-refractivity contribution in [1.82, 2.24) is 0 Å². The van der Waals surface area contributed by atoms with Crippen molar-refractivity contribution in [2.75, 3.05) is 0 Å². The molecule has 1 rings (SSSR count). The quantitative estimate of drug-likeness (QED) is 0.326. The highest BCUT2D eigenvalue weighted by molar-refractivity contribution is 5.79. The Bertz CT molecular complexity index is 112. The Labute approximate surface area is 62.3 Å². The minimum Gasteiger partial charge on any atom is -0.387 e. The third-order valence-corrected chi connectivity index (χ3v) is 2.29. The summed E-state index contributed by atoms with van der Waals surface area (Å²) in [6.07, 6.45) is 7.51. The molecule has 0 aliphatic heterocycles. The molecule has 0 bridgehead atoms. The molecule has 1 aliphatic rings. The highest BCUT2D eigenvalue weighted by atomic mass is 14.7. The SMILES string of the molecule is N=C(N)C1CCCCCC1. The molecule has 0 radical (unpaired) electrons. The first-order chi connectivity index (χ1) is 4.80. The fraction of sp³-hybridized carbons (Fsp3) is 0.875. The van der Waals surface area contributed by atoms with Gasteiger partial charge in [0.15, 0.2) is 0 Å². The van der Waals surface area contributed by atoms with E-state index in [1.165, 1.54) is 25.7 Å². The van der Waals surface area contributed by atoms with Gasteiger partial charge in [-0.2, -0.15) is 0 Å². The summed E-state index contributed by atoms with van der Waals surface area (Å²) in [7, 11) is 0. The van der Waals surface area contributed by atoms with E-state index in [4.69, 9.17) is 11.1 Å². The largest absolute Gasteiger partial charge is 0.387 e. The molecule has 10 heavy (non-hydrogen) atoms. The van der Waals surface area contributed by atoms with Gasteiger partial charge in [0.1, 0.15) is 0 Å². The van der Waals surface area contributed by atoms with Crippen LogP contribution in [0.2, 0.25) is 0 Å². The number of nitrogens with two attached hydrogens (primary N) is 1. The van der Waals surface area contributed by atoms with Crippen molar-refractivity contribution in [3.63, 3.8) is 0 Å². The summed E-state index contributed by atoms with van der Waals surface area (Å²) in [6, 6.07) is 0. The molecule has 0 unspecified atom stereocenters. The molecule has 0 spiro atoms. The second-order valence-electron chi connectivity index (χ2n) is 3.14. The van der Waals surface area contributed by atoms with Crippen molar-refractivity contribution >= 4 is 5.84 Å². The number of hydrogen-bond acceptors (Lipinski definition) is 1. The predicted molar refractivity (Wildman–Crippen MR) is 43.1 cm³/mol. The second-order valence-corrected chi connectivity index (χ2v) is 3.14. The van der Waals surface area contributed by atoms with Gasteiger partial charge in [-0.15, -0.1) is 0 Å². The summed E-state index contributed by atoms with van der Waals surface area (Å²) in [6.45, 7) is 0. The minimum absolute atomic E-state index is 0.405. The Morgan fingerprint density at radius 2 is 1.60 bits per heavy atom. The van der Waals surface area contributed by atoms with Crippen molar-refractivity contribution in [3.05, 3.63) is 0 Å². The van der Waals surface area contributed by atoms with E-state index in [9.17, 15) is 0 Å². The predicted octanol–water partition coefficient (Wildman–Crippen LogP) is 1.89. The molecule has 1 saturated carbocycles. The molecular formula is C8H16N2. The molecule has 0 aromatic rings. The van der Waals surface area contributed by atoms with Gasteiger partial charge in [-0.3, -0.25) is 5.41 Å². The third-order valence-electron chi connectivity index (χ3n) is 2.29. The van der Waals surface area contributed by atoms with E-state index in [0.717, 1.165) is 12.8 Å². The molecule has 0 amide bonds. The third kappa shape index (κ3) is 2.01. The first-order valence-electron chi connectivity index (χ1n) is 4.14. The van der Waals surface area contributed by atoms with E-state index in [1.54, 1.807) is 0 Å². The number of nitrogens with one attached hydrogen (secondary N) is 1. The zero-order valence-electron chi connectivity index (χ0n) is 6.40. The van der Waals surface area contributed by atoms with E-state index >= 15 is 0 Å². The van der Waals surface area contributed by atoms with Crippen LogP contribution in [0.4, 0.5) is 0 Å². The van der Waals surface area contributed by atoms with Crippen LogP contribution in [-0.2, 0) is 0 Å². The van der Waals surface area contributed by atoms with Gasteiger partial charge in [0.2, 0.25) is 0 Å². The number of hydrogen-bond donors (Lipinski definition) is 2. The maximum Gasteiger partial charge on any atom is 0.0936 e. The topological polar surface area (TPSA) is 49.9 Å². The van der Waals surface area contributed by atoms with Crippen LogP contribution in [0.25, 0.3) is 0 Å². The van der Waals surface area contributed by atoms with Crippen LogP contribution in [0.15, 0.2) is 0 Å². The molecule has 0 aromatic carbocycles. The Balaban J connectivity index is 2.35. The van der Waals surface area contributed by atoms with Gasteiger partial charge < -0.3 is 5.73 Å². The highest BCUT2D eigenvalue weighted by Gasteiger charge is 2.13. The van der Waals surface area contributed by atoms with Crippen LogP contribution in [0.1, 0.15) is 38.5 Å². The van der Waals surface area contributed by atoms with E-state index in [2.05, 4.69) is 0 Å². The Hall–Kier alpha value is -0.530. The normalized spacial score (nSPS) is 22.0. The minimum atomic E-state index is 0.405.